The Kier molecular flexibility index (Phi) is 14.0. The fourth-order valence-electron chi connectivity index (χ4n) is 1.16. The average Bonchev–Trinajstić information content (AvgIpc) is 2.48. The Bertz CT molecular complexity index is 435. The molecule has 0 spiro atoms. The molecule has 23 heavy (non-hydrogen) atoms. The van der Waals surface area contributed by atoms with Crippen molar-refractivity contribution in [3.8, 4) is 0 Å². The van der Waals surface area contributed by atoms with E-state index in [0.717, 1.165) is 0 Å². The van der Waals surface area contributed by atoms with Crippen LogP contribution in [0.3, 0.4) is 0 Å². The Balaban J connectivity index is 0. The number of nitrogens with zero attached hydrogens (tertiary/aromatic N) is 1. The number of thiol groups is 2. The molecule has 2 amide bonds. The first-order chi connectivity index (χ1) is 10.7. The molecular weight excluding hydrogens is 352 g/mol. The lowest BCUT2D eigenvalue weighted by molar-refractivity contribution is -0.139. The predicted molar refractivity (Wildman–Crippen MR) is 86.1 cm³/mol. The maximum absolute atomic E-state index is 11.5. The monoisotopic (exact) mass is 370 g/mol. The summed E-state index contributed by atoms with van der Waals surface area (Å²) in [5.41, 5.74) is 5.23. The highest BCUT2D eigenvalue weighted by Crippen LogP contribution is 1.97. The molecule has 0 saturated carbocycles. The second-order valence-corrected chi connectivity index (χ2v) is 4.51. The maximum atomic E-state index is 11.5. The molecule has 0 aliphatic rings. The van der Waals surface area contributed by atoms with Gasteiger partial charge < -0.3 is 26.6 Å². The van der Waals surface area contributed by atoms with Gasteiger partial charge in [0.1, 0.15) is 18.6 Å². The van der Waals surface area contributed by atoms with Crippen molar-refractivity contribution in [1.29, 1.82) is 0 Å². The van der Waals surface area contributed by atoms with Crippen molar-refractivity contribution in [3.05, 3.63) is 4.91 Å². The number of carbonyl (C=O) groups excluding carboxylic acids is 2. The molecule has 0 aromatic heterocycles. The van der Waals surface area contributed by atoms with Crippen LogP contribution in [0.1, 0.15) is 12.8 Å². The molecule has 6 N–H and O–H groups in total. The zero-order chi connectivity index (χ0) is 18.4. The first-order valence-electron chi connectivity index (χ1n) is 6.04. The van der Waals surface area contributed by atoms with E-state index in [1.54, 1.807) is 0 Å². The number of nitrogens with one attached hydrogen (secondary N) is 2. The molecule has 0 saturated heterocycles. The highest BCUT2D eigenvalue weighted by molar-refractivity contribution is 7.80. The van der Waals surface area contributed by atoms with Crippen LogP contribution in [0.4, 0.5) is 0 Å². The van der Waals surface area contributed by atoms with Gasteiger partial charge in [0, 0.05) is 29.6 Å². The molecule has 0 aromatic rings. The van der Waals surface area contributed by atoms with Gasteiger partial charge in [-0.3, -0.25) is 19.2 Å². The van der Waals surface area contributed by atoms with Crippen molar-refractivity contribution in [2.45, 2.75) is 24.9 Å². The van der Waals surface area contributed by atoms with Gasteiger partial charge >= 0.3 is 11.9 Å². The number of hydrogen-bond acceptors (Lipinski definition) is 8. The summed E-state index contributed by atoms with van der Waals surface area (Å²) < 4.78 is 1.94. The van der Waals surface area contributed by atoms with Gasteiger partial charge in [-0.25, -0.2) is 0 Å². The molecule has 0 radical (unpaired) electrons. The van der Waals surface area contributed by atoms with Gasteiger partial charge in [0.25, 0.3) is 0 Å². The molecular formula is C10H18N4O7S2. The highest BCUT2D eigenvalue weighted by atomic mass is 32.1. The summed E-state index contributed by atoms with van der Waals surface area (Å²) in [6, 6.07) is -2.15. The predicted octanol–water partition coefficient (Wildman–Crippen LogP) is -1.61. The molecule has 0 aliphatic heterocycles. The van der Waals surface area contributed by atoms with E-state index >= 15 is 0 Å². The number of carboxylic acids is 2. The third-order valence-electron chi connectivity index (χ3n) is 2.25. The quantitative estimate of drug-likeness (QED) is 0.186. The number of rotatable bonds is 9. The summed E-state index contributed by atoms with van der Waals surface area (Å²) in [6.07, 6.45) is -0.235. The van der Waals surface area contributed by atoms with Gasteiger partial charge in [0.15, 0.2) is 0 Å². The van der Waals surface area contributed by atoms with Crippen molar-refractivity contribution in [2.75, 3.05) is 12.3 Å². The number of nitroso groups, excluding NO2 is 1. The van der Waals surface area contributed by atoms with Crippen LogP contribution >= 0.6 is 25.4 Å². The van der Waals surface area contributed by atoms with Gasteiger partial charge in [0.05, 0.1) is 0 Å². The average molecular weight is 370 g/mol. The molecule has 11 nitrogen and oxygen atoms in total. The number of nitrogens with two attached hydrogens (primary N) is 1. The molecule has 0 unspecified atom stereocenters. The van der Waals surface area contributed by atoms with E-state index in [1.807, 2.05) is 4.58 Å². The molecule has 0 heterocycles. The number of amides is 2. The minimum Gasteiger partial charge on any atom is -0.480 e. The molecule has 13 heteroatoms. The third kappa shape index (κ3) is 13.5. The van der Waals surface area contributed by atoms with Crippen LogP contribution in [0, 0.1) is 4.91 Å². The minimum atomic E-state index is -1.22. The van der Waals surface area contributed by atoms with E-state index in [-0.39, 0.29) is 18.6 Å². The number of carbonyl (C=O) groups is 4. The first-order valence-corrected chi connectivity index (χ1v) is 7.07. The third-order valence-corrected chi connectivity index (χ3v) is 2.61. The minimum absolute atomic E-state index is 0.0256. The standard InChI is InChI=1S/C10H17N3O6S.HNOS/c11-5(10(18)19)1-2-7(14)13-6(4-20)9(17)12-3-8(15)16;2-1-3/h5-6,20H,1-4,11H2,(H,12,17)(H,13,14)(H,15,16)(H,18,19);(H,2,3)/t5-,6-;/m0./s1. The SMILES string of the molecule is N[C@@H](CCC(=O)N[C@@H](CS)C(=O)NCC(=O)O)C(=O)O.O=NS. The molecule has 0 fully saturated rings. The van der Waals surface area contributed by atoms with Gasteiger partial charge in [-0.1, -0.05) is 0 Å². The van der Waals surface area contributed by atoms with Crippen LogP contribution in [0.5, 0.6) is 0 Å². The van der Waals surface area contributed by atoms with E-state index in [0.29, 0.717) is 0 Å². The lowest BCUT2D eigenvalue weighted by Crippen LogP contribution is -2.49. The lowest BCUT2D eigenvalue weighted by Gasteiger charge is -2.16. The number of hydrogen-bond donors (Lipinski definition) is 7. The normalized spacial score (nSPS) is 12.0. The topological polar surface area (TPSA) is 188 Å². The van der Waals surface area contributed by atoms with Crippen LogP contribution < -0.4 is 16.4 Å². The summed E-state index contributed by atoms with van der Waals surface area (Å²) in [5.74, 6) is -3.70. The summed E-state index contributed by atoms with van der Waals surface area (Å²) >= 11 is 6.73. The Morgan fingerprint density at radius 1 is 1.22 bits per heavy atom. The molecule has 132 valence electrons. The smallest absolute Gasteiger partial charge is 0.322 e. The molecule has 0 bridgehead atoms. The van der Waals surface area contributed by atoms with Crippen LogP contribution in [0.2, 0.25) is 0 Å². The Hall–Kier alpha value is -1.86. The van der Waals surface area contributed by atoms with Crippen molar-refractivity contribution in [1.82, 2.24) is 10.6 Å². The number of aliphatic carboxylic acids is 2. The fraction of sp³-hybridized carbons (Fsp3) is 0.600. The van der Waals surface area contributed by atoms with E-state index < -0.39 is 42.4 Å². The van der Waals surface area contributed by atoms with Crippen molar-refractivity contribution >= 4 is 49.2 Å². The number of carboxylic acid groups (broad SMARTS) is 2. The van der Waals surface area contributed by atoms with E-state index in [2.05, 4.69) is 36.1 Å². The Morgan fingerprint density at radius 3 is 2.13 bits per heavy atom. The zero-order valence-electron chi connectivity index (χ0n) is 11.8. The first kappa shape index (κ1) is 23.4. The summed E-state index contributed by atoms with van der Waals surface area (Å²) in [7, 11) is 0. The zero-order valence-corrected chi connectivity index (χ0v) is 13.6. The van der Waals surface area contributed by atoms with Gasteiger partial charge in [-0.2, -0.15) is 12.6 Å². The van der Waals surface area contributed by atoms with Crippen LogP contribution in [0.15, 0.2) is 4.58 Å². The van der Waals surface area contributed by atoms with Crippen molar-refractivity contribution in [2.24, 2.45) is 10.3 Å². The molecule has 2 atom stereocenters. The van der Waals surface area contributed by atoms with E-state index in [4.69, 9.17) is 20.9 Å². The van der Waals surface area contributed by atoms with E-state index in [1.165, 1.54) is 0 Å². The van der Waals surface area contributed by atoms with E-state index in [9.17, 15) is 19.2 Å². The summed E-state index contributed by atoms with van der Waals surface area (Å²) in [4.78, 5) is 52.2. The van der Waals surface area contributed by atoms with Crippen molar-refractivity contribution < 1.29 is 29.4 Å². The largest absolute Gasteiger partial charge is 0.480 e. The van der Waals surface area contributed by atoms with Crippen LogP contribution in [-0.4, -0.2) is 58.3 Å². The van der Waals surface area contributed by atoms with Gasteiger partial charge in [0.2, 0.25) is 11.8 Å². The highest BCUT2D eigenvalue weighted by Gasteiger charge is 2.20. The Labute approximate surface area is 142 Å². The maximum Gasteiger partial charge on any atom is 0.322 e. The molecule has 0 aliphatic carbocycles. The van der Waals surface area contributed by atoms with Crippen LogP contribution in [-0.2, 0) is 19.2 Å². The molecule has 0 rings (SSSR count). The second-order valence-electron chi connectivity index (χ2n) is 3.98. The molecule has 0 aromatic carbocycles. The van der Waals surface area contributed by atoms with Crippen molar-refractivity contribution in [3.63, 3.8) is 0 Å². The summed E-state index contributed by atoms with van der Waals surface area (Å²) in [5, 5.41) is 21.4. The summed E-state index contributed by atoms with van der Waals surface area (Å²) in [6.45, 7) is -0.567. The lowest BCUT2D eigenvalue weighted by atomic mass is 10.1. The van der Waals surface area contributed by atoms with Gasteiger partial charge in [-0.15, -0.1) is 4.91 Å². The fourth-order valence-corrected chi connectivity index (χ4v) is 1.41. The van der Waals surface area contributed by atoms with Gasteiger partial charge in [-0.05, 0) is 6.42 Å². The second kappa shape index (κ2) is 13.8. The Morgan fingerprint density at radius 2 is 1.74 bits per heavy atom. The van der Waals surface area contributed by atoms with Crippen LogP contribution in [0.25, 0.3) is 0 Å².